The number of cyclic esters (lactones) is 1. The Morgan fingerprint density at radius 1 is 1.13 bits per heavy atom. The molecule has 1 atom stereocenters. The van der Waals surface area contributed by atoms with Crippen molar-refractivity contribution >= 4 is 52.2 Å². The summed E-state index contributed by atoms with van der Waals surface area (Å²) < 4.78 is 11.1. The summed E-state index contributed by atoms with van der Waals surface area (Å²) in [5.74, 6) is -0.275. The monoisotopic (exact) mass is 449 g/mol. The molecule has 1 aromatic carbocycles. The van der Waals surface area contributed by atoms with Gasteiger partial charge < -0.3 is 19.7 Å². The van der Waals surface area contributed by atoms with Crippen molar-refractivity contribution in [3.05, 3.63) is 45.6 Å². The van der Waals surface area contributed by atoms with Gasteiger partial charge in [0.05, 0.1) is 22.4 Å². The molecule has 2 saturated heterocycles. The van der Waals surface area contributed by atoms with Gasteiger partial charge in [-0.25, -0.2) is 4.79 Å². The lowest BCUT2D eigenvalue weighted by Crippen LogP contribution is -2.41. The number of hydrogen-bond donors (Lipinski definition) is 1. The van der Waals surface area contributed by atoms with Crippen LogP contribution in [0.1, 0.15) is 16.1 Å². The zero-order chi connectivity index (χ0) is 21.1. The third-order valence-electron chi connectivity index (χ3n) is 4.88. The summed E-state index contributed by atoms with van der Waals surface area (Å²) in [6, 6.07) is 10.6. The Morgan fingerprint density at radius 3 is 2.53 bits per heavy atom. The minimum atomic E-state index is -0.424. The molecule has 2 aliphatic heterocycles. The highest BCUT2D eigenvalue weighted by Crippen LogP contribution is 2.26. The van der Waals surface area contributed by atoms with Crippen molar-refractivity contribution in [2.24, 2.45) is 0 Å². The molecular weight excluding hydrogens is 430 g/mol. The number of carbonyl (C=O) groups excluding carboxylic acids is 3. The first-order valence-corrected chi connectivity index (χ1v) is 10.7. The van der Waals surface area contributed by atoms with Crippen LogP contribution in [0.25, 0.3) is 0 Å². The third-order valence-corrected chi connectivity index (χ3v) is 6.11. The Bertz CT molecular complexity index is 948. The highest BCUT2D eigenvalue weighted by atomic mass is 35.5. The number of rotatable bonds is 6. The van der Waals surface area contributed by atoms with Gasteiger partial charge in [-0.2, -0.15) is 0 Å². The van der Waals surface area contributed by atoms with E-state index in [1.54, 1.807) is 34.1 Å². The minimum Gasteiger partial charge on any atom is -0.444 e. The van der Waals surface area contributed by atoms with Crippen LogP contribution in [0.5, 0.6) is 0 Å². The van der Waals surface area contributed by atoms with Crippen LogP contribution >= 0.6 is 22.9 Å². The van der Waals surface area contributed by atoms with Crippen LogP contribution in [-0.2, 0) is 14.3 Å². The third kappa shape index (κ3) is 4.58. The molecule has 8 nitrogen and oxygen atoms in total. The zero-order valence-corrected chi connectivity index (χ0v) is 17.6. The molecule has 4 rings (SSSR count). The maximum absolute atomic E-state index is 12.3. The molecule has 3 heterocycles. The molecule has 1 N–H and O–H groups in total. The second-order valence-corrected chi connectivity index (χ2v) is 8.59. The summed E-state index contributed by atoms with van der Waals surface area (Å²) in [6.07, 6.45) is -0.232. The van der Waals surface area contributed by atoms with E-state index < -0.39 is 6.09 Å². The first kappa shape index (κ1) is 20.6. The van der Waals surface area contributed by atoms with Gasteiger partial charge in [0.15, 0.2) is 0 Å². The molecule has 3 amide bonds. The van der Waals surface area contributed by atoms with Gasteiger partial charge in [0.25, 0.3) is 11.8 Å². The van der Waals surface area contributed by atoms with E-state index in [1.165, 1.54) is 11.3 Å². The highest BCUT2D eigenvalue weighted by molar-refractivity contribution is 7.17. The smallest absolute Gasteiger partial charge is 0.414 e. The number of carbonyl (C=O) groups is 3. The number of amides is 3. The summed E-state index contributed by atoms with van der Waals surface area (Å²) in [6.45, 7) is 1.88. The van der Waals surface area contributed by atoms with Crippen molar-refractivity contribution in [1.82, 2.24) is 5.32 Å². The first-order chi connectivity index (χ1) is 14.5. The van der Waals surface area contributed by atoms with Crippen molar-refractivity contribution in [3.8, 4) is 0 Å². The van der Waals surface area contributed by atoms with Crippen LogP contribution in [0.4, 0.5) is 16.2 Å². The van der Waals surface area contributed by atoms with Crippen LogP contribution in [-0.4, -0.2) is 56.9 Å². The number of halogens is 1. The average molecular weight is 450 g/mol. The van der Waals surface area contributed by atoms with E-state index in [4.69, 9.17) is 21.1 Å². The van der Waals surface area contributed by atoms with Gasteiger partial charge in [-0.15, -0.1) is 11.3 Å². The lowest BCUT2D eigenvalue weighted by atomic mass is 10.2. The molecule has 2 aromatic rings. The molecule has 1 aromatic heterocycles. The lowest BCUT2D eigenvalue weighted by molar-refractivity contribution is -0.125. The van der Waals surface area contributed by atoms with E-state index in [9.17, 15) is 14.4 Å². The molecule has 158 valence electrons. The quantitative estimate of drug-likeness (QED) is 0.732. The van der Waals surface area contributed by atoms with Gasteiger partial charge in [0.1, 0.15) is 12.7 Å². The standard InChI is InChI=1S/C20H20ClN3O5S/c21-17-6-5-16(30-17)19(26)22-8-7-15-11-24(20(27)29-15)14-3-1-13(2-4-14)23-9-10-28-12-18(23)25/h1-6,15H,7-12H2,(H,22,26). The predicted octanol–water partition coefficient (Wildman–Crippen LogP) is 2.91. The Balaban J connectivity index is 1.30. The van der Waals surface area contributed by atoms with Crippen LogP contribution < -0.4 is 15.1 Å². The van der Waals surface area contributed by atoms with Gasteiger partial charge >= 0.3 is 6.09 Å². The molecule has 0 radical (unpaired) electrons. The fraction of sp³-hybridized carbons (Fsp3) is 0.350. The van der Waals surface area contributed by atoms with Crippen molar-refractivity contribution in [3.63, 3.8) is 0 Å². The van der Waals surface area contributed by atoms with Crippen LogP contribution in [0.2, 0.25) is 4.34 Å². The number of nitrogens with zero attached hydrogens (tertiary/aromatic N) is 2. The number of hydrogen-bond acceptors (Lipinski definition) is 6. The summed E-state index contributed by atoms with van der Waals surface area (Å²) in [5, 5.41) is 2.81. The molecule has 10 heteroatoms. The molecule has 2 aliphatic rings. The Kier molecular flexibility index (Phi) is 6.21. The van der Waals surface area contributed by atoms with E-state index in [-0.39, 0.29) is 24.5 Å². The van der Waals surface area contributed by atoms with Crippen LogP contribution in [0.3, 0.4) is 0 Å². The van der Waals surface area contributed by atoms with E-state index in [1.807, 2.05) is 12.1 Å². The number of nitrogens with one attached hydrogen (secondary N) is 1. The average Bonchev–Trinajstić information content (AvgIpc) is 3.34. The molecular formula is C20H20ClN3O5S. The molecule has 0 bridgehead atoms. The Hall–Kier alpha value is -2.62. The van der Waals surface area contributed by atoms with Crippen LogP contribution in [0.15, 0.2) is 36.4 Å². The maximum atomic E-state index is 12.3. The molecule has 30 heavy (non-hydrogen) atoms. The van der Waals surface area contributed by atoms with Crippen molar-refractivity contribution in [1.29, 1.82) is 0 Å². The van der Waals surface area contributed by atoms with E-state index >= 15 is 0 Å². The normalized spacial score (nSPS) is 19.2. The van der Waals surface area contributed by atoms with Gasteiger partial charge in [-0.05, 0) is 36.4 Å². The van der Waals surface area contributed by atoms with Crippen LogP contribution in [0, 0.1) is 0 Å². The Morgan fingerprint density at radius 2 is 1.87 bits per heavy atom. The minimum absolute atomic E-state index is 0.0813. The molecule has 2 fully saturated rings. The van der Waals surface area contributed by atoms with Gasteiger partial charge in [-0.1, -0.05) is 11.6 Å². The van der Waals surface area contributed by atoms with Gasteiger partial charge in [0, 0.05) is 30.9 Å². The molecule has 1 unspecified atom stereocenters. The topological polar surface area (TPSA) is 88.2 Å². The van der Waals surface area contributed by atoms with Crippen molar-refractivity contribution in [2.75, 3.05) is 42.6 Å². The maximum Gasteiger partial charge on any atom is 0.414 e. The van der Waals surface area contributed by atoms with E-state index in [2.05, 4.69) is 5.32 Å². The summed E-state index contributed by atoms with van der Waals surface area (Å²) in [5.41, 5.74) is 1.47. The number of ether oxygens (including phenoxy) is 2. The van der Waals surface area contributed by atoms with E-state index in [0.29, 0.717) is 47.6 Å². The fourth-order valence-corrected chi connectivity index (χ4v) is 4.32. The number of benzene rings is 1. The van der Waals surface area contributed by atoms with Gasteiger partial charge in [0.2, 0.25) is 0 Å². The fourth-order valence-electron chi connectivity index (χ4n) is 3.36. The summed E-state index contributed by atoms with van der Waals surface area (Å²) in [7, 11) is 0. The van der Waals surface area contributed by atoms with Crippen molar-refractivity contribution < 1.29 is 23.9 Å². The predicted molar refractivity (Wildman–Crippen MR) is 114 cm³/mol. The largest absolute Gasteiger partial charge is 0.444 e. The SMILES string of the molecule is O=C(NCCC1CN(c2ccc(N3CCOCC3=O)cc2)C(=O)O1)c1ccc(Cl)s1. The number of thiophene rings is 1. The summed E-state index contributed by atoms with van der Waals surface area (Å²) in [4.78, 5) is 40.0. The second-order valence-electron chi connectivity index (χ2n) is 6.88. The van der Waals surface area contributed by atoms with Crippen molar-refractivity contribution in [2.45, 2.75) is 12.5 Å². The number of morpholine rings is 1. The second kappa shape index (κ2) is 9.03. The first-order valence-electron chi connectivity index (χ1n) is 9.51. The summed E-state index contributed by atoms with van der Waals surface area (Å²) >= 11 is 7.06. The molecule has 0 aliphatic carbocycles. The van der Waals surface area contributed by atoms with Gasteiger partial charge in [-0.3, -0.25) is 14.5 Å². The molecule has 0 spiro atoms. The number of anilines is 2. The zero-order valence-electron chi connectivity index (χ0n) is 16.0. The molecule has 0 saturated carbocycles. The Labute approximate surface area is 182 Å². The van der Waals surface area contributed by atoms with E-state index in [0.717, 1.165) is 5.69 Å². The highest BCUT2D eigenvalue weighted by Gasteiger charge is 2.32. The lowest BCUT2D eigenvalue weighted by Gasteiger charge is -2.27.